The molecule has 1 atom stereocenters. The average Bonchev–Trinajstić information content (AvgIpc) is 3.36. The lowest BCUT2D eigenvalue weighted by Gasteiger charge is -2.39. The molecule has 210 valence electrons. The van der Waals surface area contributed by atoms with Crippen LogP contribution in [0.25, 0.3) is 0 Å². The minimum Gasteiger partial charge on any atom is -0.380 e. The molecule has 4 rings (SSSR count). The summed E-state index contributed by atoms with van der Waals surface area (Å²) >= 11 is 1.41. The number of fused-ring (bicyclic) bond motifs is 1. The van der Waals surface area contributed by atoms with Crippen molar-refractivity contribution in [3.8, 4) is 0 Å². The standard InChI is InChI=1S/C26H34F3N3O4S2/c1-4-38(35,36)19-7-5-17(6-8-19)13-21(33)30-24-31-22-20(37-24)15-32(23(22)16(2)3)14-18-9-11-25(34,12-10-18)26(27,28)29/h5-8,16,18,23,34H,4,9-15H2,1-3H3,(H,30,31,33)/t18-,23?,25+. The molecule has 2 N–H and O–H groups in total. The van der Waals surface area contributed by atoms with Crippen LogP contribution in [0, 0.1) is 11.8 Å². The number of nitrogens with one attached hydrogen (secondary N) is 1. The van der Waals surface area contributed by atoms with Crippen LogP contribution in [0.5, 0.6) is 0 Å². The second-order valence-corrected chi connectivity index (χ2v) is 14.1. The smallest absolute Gasteiger partial charge is 0.380 e. The number of rotatable bonds is 8. The van der Waals surface area contributed by atoms with Crippen molar-refractivity contribution in [3.05, 3.63) is 40.4 Å². The van der Waals surface area contributed by atoms with Crippen LogP contribution in [-0.4, -0.2) is 53.4 Å². The predicted molar refractivity (Wildman–Crippen MR) is 140 cm³/mol. The van der Waals surface area contributed by atoms with Crippen molar-refractivity contribution >= 4 is 32.2 Å². The highest BCUT2D eigenvalue weighted by atomic mass is 32.2. The molecular formula is C26H34F3N3O4S2. The number of carbonyl (C=O) groups is 1. The number of carbonyl (C=O) groups excluding carboxylic acids is 1. The highest BCUT2D eigenvalue weighted by Gasteiger charge is 2.54. The molecule has 0 saturated heterocycles. The van der Waals surface area contributed by atoms with Gasteiger partial charge < -0.3 is 10.4 Å². The third-order valence-corrected chi connectivity index (χ3v) is 10.3. The number of hydrogen-bond donors (Lipinski definition) is 2. The molecule has 1 aromatic carbocycles. The molecule has 0 radical (unpaired) electrons. The number of alkyl halides is 3. The first-order valence-electron chi connectivity index (χ1n) is 12.9. The average molecular weight is 574 g/mol. The topological polar surface area (TPSA) is 99.6 Å². The Bertz CT molecular complexity index is 1250. The molecule has 1 saturated carbocycles. The number of aliphatic hydroxyl groups is 1. The fourth-order valence-corrected chi connectivity index (χ4v) is 7.34. The maximum Gasteiger partial charge on any atom is 0.417 e. The van der Waals surface area contributed by atoms with Crippen molar-refractivity contribution < 1.29 is 31.5 Å². The fourth-order valence-electron chi connectivity index (χ4n) is 5.42. The van der Waals surface area contributed by atoms with Crippen LogP contribution < -0.4 is 5.32 Å². The minimum absolute atomic E-state index is 0.00314. The molecule has 1 aliphatic heterocycles. The van der Waals surface area contributed by atoms with Gasteiger partial charge >= 0.3 is 6.18 Å². The molecule has 2 heterocycles. The summed E-state index contributed by atoms with van der Waals surface area (Å²) in [5.41, 5.74) is -0.983. The van der Waals surface area contributed by atoms with Gasteiger partial charge in [-0.15, -0.1) is 11.3 Å². The number of benzene rings is 1. The Hall–Kier alpha value is -2.02. The van der Waals surface area contributed by atoms with Crippen molar-refractivity contribution in [3.63, 3.8) is 0 Å². The molecule has 2 aromatic rings. The molecule has 7 nitrogen and oxygen atoms in total. The first-order valence-corrected chi connectivity index (χ1v) is 15.3. The van der Waals surface area contributed by atoms with Crippen LogP contribution in [0.2, 0.25) is 0 Å². The number of hydrogen-bond acceptors (Lipinski definition) is 7. The van der Waals surface area contributed by atoms with E-state index in [-0.39, 0.29) is 53.7 Å². The molecule has 1 unspecified atom stereocenters. The zero-order valence-corrected chi connectivity index (χ0v) is 23.3. The van der Waals surface area contributed by atoms with Crippen LogP contribution in [0.15, 0.2) is 29.2 Å². The zero-order chi connectivity index (χ0) is 27.9. The van der Waals surface area contributed by atoms with E-state index in [1.807, 2.05) is 0 Å². The normalized spacial score (nSPS) is 24.5. The van der Waals surface area contributed by atoms with Gasteiger partial charge in [0.05, 0.1) is 28.8 Å². The SMILES string of the molecule is CCS(=O)(=O)c1ccc(CC(=O)Nc2nc3c(s2)CN(C[C@H]2CC[C@](O)(C(F)(F)F)CC2)C3C(C)C)cc1. The number of amides is 1. The zero-order valence-electron chi connectivity index (χ0n) is 21.7. The van der Waals surface area contributed by atoms with E-state index >= 15 is 0 Å². The molecule has 1 aliphatic carbocycles. The second-order valence-electron chi connectivity index (χ2n) is 10.7. The lowest BCUT2D eigenvalue weighted by atomic mass is 9.78. The van der Waals surface area contributed by atoms with Gasteiger partial charge in [0.1, 0.15) is 0 Å². The van der Waals surface area contributed by atoms with Gasteiger partial charge in [0.15, 0.2) is 20.6 Å². The monoisotopic (exact) mass is 573 g/mol. The van der Waals surface area contributed by atoms with E-state index in [0.29, 0.717) is 36.6 Å². The molecule has 0 bridgehead atoms. The Labute approximate surface area is 225 Å². The van der Waals surface area contributed by atoms with Crippen molar-refractivity contribution in [1.29, 1.82) is 0 Å². The van der Waals surface area contributed by atoms with Crippen molar-refractivity contribution in [2.75, 3.05) is 17.6 Å². The quantitative estimate of drug-likeness (QED) is 0.455. The number of sulfone groups is 1. The molecular weight excluding hydrogens is 539 g/mol. The summed E-state index contributed by atoms with van der Waals surface area (Å²) in [6.07, 6.45) is -4.40. The Morgan fingerprint density at radius 1 is 1.24 bits per heavy atom. The first-order chi connectivity index (χ1) is 17.7. The van der Waals surface area contributed by atoms with Gasteiger partial charge in [0.25, 0.3) is 0 Å². The van der Waals surface area contributed by atoms with Crippen LogP contribution in [0.1, 0.15) is 68.6 Å². The van der Waals surface area contributed by atoms with Gasteiger partial charge in [-0.2, -0.15) is 13.2 Å². The summed E-state index contributed by atoms with van der Waals surface area (Å²) in [7, 11) is -3.30. The van der Waals surface area contributed by atoms with Crippen LogP contribution >= 0.6 is 11.3 Å². The highest BCUT2D eigenvalue weighted by Crippen LogP contribution is 2.46. The largest absolute Gasteiger partial charge is 0.417 e. The van der Waals surface area contributed by atoms with Gasteiger partial charge in [0, 0.05) is 18.0 Å². The summed E-state index contributed by atoms with van der Waals surface area (Å²) in [6, 6.07) is 6.30. The maximum atomic E-state index is 13.2. The maximum absolute atomic E-state index is 13.2. The van der Waals surface area contributed by atoms with Gasteiger partial charge in [-0.05, 0) is 55.2 Å². The second kappa shape index (κ2) is 10.9. The third kappa shape index (κ3) is 6.08. The van der Waals surface area contributed by atoms with Gasteiger partial charge in [-0.25, -0.2) is 13.4 Å². The predicted octanol–water partition coefficient (Wildman–Crippen LogP) is 5.11. The van der Waals surface area contributed by atoms with E-state index < -0.39 is 21.6 Å². The minimum atomic E-state index is -4.60. The van der Waals surface area contributed by atoms with Crippen LogP contribution in [0.3, 0.4) is 0 Å². The van der Waals surface area contributed by atoms with Gasteiger partial charge in [-0.1, -0.05) is 32.9 Å². The number of thiazole rings is 1. The lowest BCUT2D eigenvalue weighted by Crippen LogP contribution is -2.48. The summed E-state index contributed by atoms with van der Waals surface area (Å²) < 4.78 is 63.4. The summed E-state index contributed by atoms with van der Waals surface area (Å²) in [4.78, 5) is 20.9. The number of aromatic nitrogens is 1. The van der Waals surface area contributed by atoms with E-state index in [2.05, 4.69) is 24.1 Å². The highest BCUT2D eigenvalue weighted by molar-refractivity contribution is 7.91. The molecule has 12 heteroatoms. The lowest BCUT2D eigenvalue weighted by molar-refractivity contribution is -0.272. The van der Waals surface area contributed by atoms with E-state index in [1.54, 1.807) is 19.1 Å². The third-order valence-electron chi connectivity index (χ3n) is 7.61. The molecule has 1 fully saturated rings. The first kappa shape index (κ1) is 29.0. The van der Waals surface area contributed by atoms with Crippen molar-refractivity contribution in [2.45, 2.75) is 82.1 Å². The van der Waals surface area contributed by atoms with Crippen LogP contribution in [-0.2, 0) is 27.6 Å². The van der Waals surface area contributed by atoms with E-state index in [1.165, 1.54) is 23.5 Å². The number of halogens is 3. The van der Waals surface area contributed by atoms with E-state index in [0.717, 1.165) is 10.6 Å². The fraction of sp³-hybridized carbons (Fsp3) is 0.615. The number of nitrogens with zero attached hydrogens (tertiary/aromatic N) is 2. The molecule has 1 amide bonds. The summed E-state index contributed by atoms with van der Waals surface area (Å²) in [6.45, 7) is 7.01. The van der Waals surface area contributed by atoms with Gasteiger partial charge in [-0.3, -0.25) is 9.69 Å². The molecule has 38 heavy (non-hydrogen) atoms. The van der Waals surface area contributed by atoms with Gasteiger partial charge in [0.2, 0.25) is 5.91 Å². The Balaban J connectivity index is 1.36. The summed E-state index contributed by atoms with van der Waals surface area (Å²) in [5.74, 6) is 0.0559. The molecule has 1 aromatic heterocycles. The Morgan fingerprint density at radius 2 is 1.87 bits per heavy atom. The van der Waals surface area contributed by atoms with Crippen LogP contribution in [0.4, 0.5) is 18.3 Å². The molecule has 2 aliphatic rings. The Morgan fingerprint density at radius 3 is 2.42 bits per heavy atom. The van der Waals surface area contributed by atoms with Crippen molar-refractivity contribution in [1.82, 2.24) is 9.88 Å². The van der Waals surface area contributed by atoms with E-state index in [4.69, 9.17) is 4.98 Å². The Kier molecular flexibility index (Phi) is 8.28. The molecule has 0 spiro atoms. The van der Waals surface area contributed by atoms with Crippen molar-refractivity contribution in [2.24, 2.45) is 11.8 Å². The van der Waals surface area contributed by atoms with E-state index in [9.17, 15) is 31.5 Å². The number of anilines is 1. The summed E-state index contributed by atoms with van der Waals surface area (Å²) in [5, 5.41) is 13.3.